The molecule has 0 bridgehead atoms. The molecule has 3 aromatic rings. The first-order valence-electron chi connectivity index (χ1n) is 12.1. The Bertz CT molecular complexity index is 1120. The summed E-state index contributed by atoms with van der Waals surface area (Å²) in [6.07, 6.45) is 3.41. The van der Waals surface area contributed by atoms with E-state index in [0.29, 0.717) is 24.9 Å². The lowest BCUT2D eigenvalue weighted by atomic mass is 10.1. The van der Waals surface area contributed by atoms with Crippen LogP contribution in [0.3, 0.4) is 0 Å². The summed E-state index contributed by atoms with van der Waals surface area (Å²) in [5, 5.41) is 12.6. The second kappa shape index (κ2) is 11.0. The van der Waals surface area contributed by atoms with Gasteiger partial charge in [0.25, 0.3) is 0 Å². The van der Waals surface area contributed by atoms with Crippen LogP contribution in [0.15, 0.2) is 48.8 Å². The highest BCUT2D eigenvalue weighted by atomic mass is 16.5. The molecule has 0 unspecified atom stereocenters. The maximum absolute atomic E-state index is 9.37. The lowest BCUT2D eigenvalue weighted by molar-refractivity contribution is 0.00357. The van der Waals surface area contributed by atoms with Crippen LogP contribution in [0, 0.1) is 6.92 Å². The Labute approximate surface area is 205 Å². The lowest BCUT2D eigenvalue weighted by Gasteiger charge is -2.33. The van der Waals surface area contributed by atoms with Crippen molar-refractivity contribution in [1.82, 2.24) is 15.0 Å². The Morgan fingerprint density at radius 2 is 1.91 bits per heavy atom. The Hall–Kier alpha value is -3.27. The zero-order valence-corrected chi connectivity index (χ0v) is 19.9. The molecule has 0 amide bonds. The molecule has 5 rings (SSSR count). The van der Waals surface area contributed by atoms with E-state index >= 15 is 0 Å². The van der Waals surface area contributed by atoms with Crippen LogP contribution in [-0.2, 0) is 9.47 Å². The maximum atomic E-state index is 9.37. The van der Waals surface area contributed by atoms with Crippen molar-refractivity contribution in [3.8, 4) is 17.1 Å². The van der Waals surface area contributed by atoms with Crippen LogP contribution in [0.1, 0.15) is 18.4 Å². The fourth-order valence-corrected chi connectivity index (χ4v) is 4.34. The molecule has 2 aliphatic rings. The number of benzene rings is 2. The topological polar surface area (TPSA) is 102 Å². The van der Waals surface area contributed by atoms with Gasteiger partial charge in [0.15, 0.2) is 5.82 Å². The van der Waals surface area contributed by atoms with Gasteiger partial charge in [0.05, 0.1) is 32.5 Å². The molecule has 0 aliphatic carbocycles. The van der Waals surface area contributed by atoms with Gasteiger partial charge in [0, 0.05) is 42.9 Å². The molecule has 2 aromatic carbocycles. The summed E-state index contributed by atoms with van der Waals surface area (Å²) in [6, 6.07) is 14.1. The molecular weight excluding hydrogens is 446 g/mol. The van der Waals surface area contributed by atoms with E-state index in [2.05, 4.69) is 25.2 Å². The highest BCUT2D eigenvalue weighted by Crippen LogP contribution is 2.27. The van der Waals surface area contributed by atoms with Crippen molar-refractivity contribution in [1.29, 1.82) is 0 Å². The first kappa shape index (κ1) is 23.5. The molecule has 184 valence electrons. The zero-order chi connectivity index (χ0) is 24.0. The Kier molecular flexibility index (Phi) is 7.37. The van der Waals surface area contributed by atoms with E-state index in [1.807, 2.05) is 49.4 Å². The fraction of sp³-hybridized carbons (Fsp3) is 0.423. The van der Waals surface area contributed by atoms with E-state index in [-0.39, 0.29) is 18.8 Å². The van der Waals surface area contributed by atoms with Crippen molar-refractivity contribution in [3.63, 3.8) is 0 Å². The number of ether oxygens (including phenoxy) is 3. The SMILES string of the molecule is Cc1cc(-c2ncnc(Nc3ccc(N4CCO[C@@H](CO)C4)cc3)n2)ccc1OC1CCOCC1. The number of hydrogen-bond acceptors (Lipinski definition) is 9. The predicted molar refractivity (Wildman–Crippen MR) is 133 cm³/mol. The number of anilines is 3. The monoisotopic (exact) mass is 477 g/mol. The molecule has 2 saturated heterocycles. The summed E-state index contributed by atoms with van der Waals surface area (Å²) >= 11 is 0. The first-order valence-corrected chi connectivity index (χ1v) is 12.1. The summed E-state index contributed by atoms with van der Waals surface area (Å²) in [5.41, 5.74) is 3.93. The molecule has 3 heterocycles. The van der Waals surface area contributed by atoms with E-state index in [1.165, 1.54) is 6.33 Å². The van der Waals surface area contributed by atoms with Gasteiger partial charge < -0.3 is 29.5 Å². The van der Waals surface area contributed by atoms with Gasteiger partial charge in [-0.3, -0.25) is 0 Å². The average molecular weight is 478 g/mol. The van der Waals surface area contributed by atoms with Crippen LogP contribution >= 0.6 is 0 Å². The minimum Gasteiger partial charge on any atom is -0.490 e. The number of aliphatic hydroxyl groups is 1. The van der Waals surface area contributed by atoms with Gasteiger partial charge in [-0.05, 0) is 55.0 Å². The second-order valence-electron chi connectivity index (χ2n) is 8.84. The number of hydrogen-bond donors (Lipinski definition) is 2. The molecule has 9 nitrogen and oxygen atoms in total. The predicted octanol–water partition coefficient (Wildman–Crippen LogP) is 3.35. The number of aliphatic hydroxyl groups excluding tert-OH is 1. The van der Waals surface area contributed by atoms with Crippen LogP contribution in [-0.4, -0.2) is 71.8 Å². The smallest absolute Gasteiger partial charge is 0.230 e. The summed E-state index contributed by atoms with van der Waals surface area (Å²) in [6.45, 7) is 5.67. The summed E-state index contributed by atoms with van der Waals surface area (Å²) in [7, 11) is 0. The summed E-state index contributed by atoms with van der Waals surface area (Å²) in [4.78, 5) is 15.5. The van der Waals surface area contributed by atoms with Crippen LogP contribution < -0.4 is 15.0 Å². The third-order valence-electron chi connectivity index (χ3n) is 6.30. The molecule has 0 radical (unpaired) electrons. The Balaban J connectivity index is 1.25. The minimum atomic E-state index is -0.142. The zero-order valence-electron chi connectivity index (χ0n) is 19.9. The second-order valence-corrected chi connectivity index (χ2v) is 8.84. The Morgan fingerprint density at radius 3 is 2.69 bits per heavy atom. The molecule has 9 heteroatoms. The van der Waals surface area contributed by atoms with E-state index in [9.17, 15) is 5.11 Å². The third-order valence-corrected chi connectivity index (χ3v) is 6.30. The van der Waals surface area contributed by atoms with Gasteiger partial charge in [0.2, 0.25) is 5.95 Å². The largest absolute Gasteiger partial charge is 0.490 e. The quantitative estimate of drug-likeness (QED) is 0.530. The molecule has 0 saturated carbocycles. The molecule has 2 aliphatic heterocycles. The van der Waals surface area contributed by atoms with Crippen molar-refractivity contribution >= 4 is 17.3 Å². The van der Waals surface area contributed by atoms with E-state index in [1.54, 1.807) is 0 Å². The highest BCUT2D eigenvalue weighted by Gasteiger charge is 2.20. The van der Waals surface area contributed by atoms with Crippen molar-refractivity contribution in [2.75, 3.05) is 49.7 Å². The summed E-state index contributed by atoms with van der Waals surface area (Å²) in [5.74, 6) is 1.97. The van der Waals surface area contributed by atoms with Crippen LogP contribution in [0.2, 0.25) is 0 Å². The molecule has 2 N–H and O–H groups in total. The molecular formula is C26H31N5O4. The van der Waals surface area contributed by atoms with Crippen LogP contribution in [0.25, 0.3) is 11.4 Å². The van der Waals surface area contributed by atoms with Crippen LogP contribution in [0.5, 0.6) is 5.75 Å². The molecule has 2 fully saturated rings. The van der Waals surface area contributed by atoms with Gasteiger partial charge in [-0.15, -0.1) is 0 Å². The third kappa shape index (κ3) is 5.87. The first-order chi connectivity index (χ1) is 17.2. The van der Waals surface area contributed by atoms with Crippen molar-refractivity contribution in [2.45, 2.75) is 32.0 Å². The van der Waals surface area contributed by atoms with Crippen molar-refractivity contribution in [3.05, 3.63) is 54.4 Å². The minimum absolute atomic E-state index is 0.0308. The molecule has 1 atom stereocenters. The van der Waals surface area contributed by atoms with Gasteiger partial charge in [0.1, 0.15) is 18.2 Å². The summed E-state index contributed by atoms with van der Waals surface area (Å²) < 4.78 is 17.1. The fourth-order valence-electron chi connectivity index (χ4n) is 4.34. The number of aryl methyl sites for hydroxylation is 1. The van der Waals surface area contributed by atoms with E-state index < -0.39 is 0 Å². The number of nitrogens with zero attached hydrogens (tertiary/aromatic N) is 4. The van der Waals surface area contributed by atoms with Gasteiger partial charge in [-0.2, -0.15) is 4.98 Å². The standard InChI is InChI=1S/C26H31N5O4/c1-18-14-19(2-7-24(18)35-22-8-11-33-12-9-22)25-27-17-28-26(30-25)29-20-3-5-21(6-4-20)31-10-13-34-23(15-31)16-32/h2-7,14,17,22-23,32H,8-13,15-16H2,1H3,(H,27,28,29,30)/t23-/m1/s1. The normalized spacial score (nSPS) is 18.9. The van der Waals surface area contributed by atoms with Gasteiger partial charge >= 0.3 is 0 Å². The molecule has 0 spiro atoms. The number of rotatable bonds is 7. The van der Waals surface area contributed by atoms with Crippen LogP contribution in [0.4, 0.5) is 17.3 Å². The lowest BCUT2D eigenvalue weighted by Crippen LogP contribution is -2.44. The number of aromatic nitrogens is 3. The van der Waals surface area contributed by atoms with Gasteiger partial charge in [-0.1, -0.05) is 0 Å². The number of nitrogens with one attached hydrogen (secondary N) is 1. The van der Waals surface area contributed by atoms with E-state index in [4.69, 9.17) is 14.2 Å². The average Bonchev–Trinajstić information content (AvgIpc) is 2.91. The van der Waals surface area contributed by atoms with Crippen molar-refractivity contribution in [2.24, 2.45) is 0 Å². The number of morpholine rings is 1. The Morgan fingerprint density at radius 1 is 1.09 bits per heavy atom. The molecule has 1 aromatic heterocycles. The highest BCUT2D eigenvalue weighted by molar-refractivity contribution is 5.62. The van der Waals surface area contributed by atoms with Gasteiger partial charge in [-0.25, -0.2) is 9.97 Å². The molecule has 35 heavy (non-hydrogen) atoms. The van der Waals surface area contributed by atoms with Crippen molar-refractivity contribution < 1.29 is 19.3 Å². The maximum Gasteiger partial charge on any atom is 0.230 e. The van der Waals surface area contributed by atoms with E-state index in [0.717, 1.165) is 60.9 Å².